The van der Waals surface area contributed by atoms with E-state index in [1.165, 1.54) is 23.1 Å². The second-order valence-corrected chi connectivity index (χ2v) is 9.25. The molecule has 4 aromatic heterocycles. The number of pyridine rings is 2. The summed E-state index contributed by atoms with van der Waals surface area (Å²) in [6.07, 6.45) is 9.28. The van der Waals surface area contributed by atoms with Gasteiger partial charge < -0.3 is 4.98 Å². The van der Waals surface area contributed by atoms with E-state index in [2.05, 4.69) is 67.9 Å². The number of aryl methyl sites for hydroxylation is 1. The van der Waals surface area contributed by atoms with Crippen LogP contribution in [0.5, 0.6) is 0 Å². The first-order valence-electron chi connectivity index (χ1n) is 10.6. The first kappa shape index (κ1) is 18.2. The highest BCUT2D eigenvalue weighted by Crippen LogP contribution is 2.44. The van der Waals surface area contributed by atoms with Gasteiger partial charge in [0.15, 0.2) is 5.65 Å². The van der Waals surface area contributed by atoms with Crippen molar-refractivity contribution in [1.82, 2.24) is 30.8 Å². The van der Waals surface area contributed by atoms with Crippen molar-refractivity contribution in [3.8, 4) is 11.1 Å². The molecule has 1 aliphatic carbocycles. The molecule has 2 fully saturated rings. The largest absolute Gasteiger partial charge is 0.339 e. The molecule has 1 saturated carbocycles. The van der Waals surface area contributed by atoms with Crippen LogP contribution in [0.1, 0.15) is 48.2 Å². The first-order chi connectivity index (χ1) is 14.8. The van der Waals surface area contributed by atoms with Crippen molar-refractivity contribution in [2.45, 2.75) is 44.2 Å². The van der Waals surface area contributed by atoms with E-state index in [1.807, 2.05) is 12.4 Å². The van der Waals surface area contributed by atoms with E-state index < -0.39 is 0 Å². The maximum Gasteiger partial charge on any atom is 0.178 e. The van der Waals surface area contributed by atoms with E-state index in [4.69, 9.17) is 4.98 Å². The van der Waals surface area contributed by atoms with Crippen LogP contribution in [0.25, 0.3) is 22.3 Å². The highest BCUT2D eigenvalue weighted by atomic mass is 32.1. The molecule has 0 amide bonds. The third-order valence-electron chi connectivity index (χ3n) is 6.81. The molecule has 6 nitrogen and oxygen atoms in total. The van der Waals surface area contributed by atoms with Gasteiger partial charge in [0.1, 0.15) is 5.82 Å². The number of hydrogen-bond acceptors (Lipinski definition) is 6. The molecular formula is C23H24N6S. The molecule has 7 heteroatoms. The number of hydrazine groups is 1. The molecular weight excluding hydrogens is 392 g/mol. The van der Waals surface area contributed by atoms with Crippen molar-refractivity contribution >= 4 is 22.5 Å². The highest BCUT2D eigenvalue weighted by Gasteiger charge is 2.43. The fourth-order valence-electron chi connectivity index (χ4n) is 5.25. The second kappa shape index (κ2) is 7.27. The quantitative estimate of drug-likeness (QED) is 0.459. The SMILES string of the molecule is Cc1ccncc1C1CCC2NNC(c3nc4nccc(-c5ccsc5)c4[nH]3)C2C1. The zero-order chi connectivity index (χ0) is 20.1. The van der Waals surface area contributed by atoms with Crippen molar-refractivity contribution in [1.29, 1.82) is 0 Å². The van der Waals surface area contributed by atoms with Gasteiger partial charge in [0.25, 0.3) is 0 Å². The predicted molar refractivity (Wildman–Crippen MR) is 119 cm³/mol. The molecule has 1 saturated heterocycles. The number of nitrogens with one attached hydrogen (secondary N) is 3. The maximum absolute atomic E-state index is 4.89. The number of aromatic nitrogens is 4. The summed E-state index contributed by atoms with van der Waals surface area (Å²) in [6, 6.07) is 6.96. The summed E-state index contributed by atoms with van der Waals surface area (Å²) in [5, 5.41) is 4.27. The number of hydrogen-bond donors (Lipinski definition) is 3. The highest BCUT2D eigenvalue weighted by molar-refractivity contribution is 7.08. The Morgan fingerprint density at radius 3 is 2.93 bits per heavy atom. The van der Waals surface area contributed by atoms with Crippen molar-refractivity contribution in [2.75, 3.05) is 0 Å². The first-order valence-corrected chi connectivity index (χ1v) is 11.5. The van der Waals surface area contributed by atoms with Crippen LogP contribution in [0.3, 0.4) is 0 Å². The van der Waals surface area contributed by atoms with Crippen LogP contribution in [0.2, 0.25) is 0 Å². The molecule has 6 rings (SSSR count). The number of rotatable bonds is 3. The van der Waals surface area contributed by atoms with Crippen LogP contribution < -0.4 is 10.9 Å². The van der Waals surface area contributed by atoms with Crippen molar-refractivity contribution in [2.24, 2.45) is 5.92 Å². The fourth-order valence-corrected chi connectivity index (χ4v) is 5.90. The minimum atomic E-state index is 0.152. The van der Waals surface area contributed by atoms with Gasteiger partial charge in [0, 0.05) is 30.2 Å². The van der Waals surface area contributed by atoms with Gasteiger partial charge in [-0.05, 0) is 83.7 Å². The molecule has 152 valence electrons. The lowest BCUT2D eigenvalue weighted by molar-refractivity contribution is 0.274. The lowest BCUT2D eigenvalue weighted by atomic mass is 9.73. The Kier molecular flexibility index (Phi) is 4.40. The fraction of sp³-hybridized carbons (Fsp3) is 0.348. The zero-order valence-corrected chi connectivity index (χ0v) is 17.6. The van der Waals surface area contributed by atoms with Gasteiger partial charge in [0.05, 0.1) is 11.6 Å². The van der Waals surface area contributed by atoms with Gasteiger partial charge in [-0.25, -0.2) is 15.4 Å². The number of aromatic amines is 1. The minimum absolute atomic E-state index is 0.152. The van der Waals surface area contributed by atoms with E-state index in [9.17, 15) is 0 Å². The van der Waals surface area contributed by atoms with E-state index in [0.717, 1.165) is 35.4 Å². The number of fused-ring (bicyclic) bond motifs is 2. The number of H-pyrrole nitrogens is 1. The van der Waals surface area contributed by atoms with Crippen molar-refractivity contribution in [3.63, 3.8) is 0 Å². The smallest absolute Gasteiger partial charge is 0.178 e. The summed E-state index contributed by atoms with van der Waals surface area (Å²) in [5.74, 6) is 2.00. The van der Waals surface area contributed by atoms with Gasteiger partial charge in [0.2, 0.25) is 0 Å². The summed E-state index contributed by atoms with van der Waals surface area (Å²) in [5.41, 5.74) is 14.0. The topological polar surface area (TPSA) is 78.5 Å². The monoisotopic (exact) mass is 416 g/mol. The third-order valence-corrected chi connectivity index (χ3v) is 7.49. The Bertz CT molecular complexity index is 1180. The normalized spacial score (nSPS) is 26.2. The van der Waals surface area contributed by atoms with Crippen LogP contribution >= 0.6 is 11.3 Å². The molecule has 2 aliphatic rings. The third kappa shape index (κ3) is 2.96. The summed E-state index contributed by atoms with van der Waals surface area (Å²) in [6.45, 7) is 2.20. The average Bonchev–Trinajstić information content (AvgIpc) is 3.51. The van der Waals surface area contributed by atoms with Gasteiger partial charge in [-0.2, -0.15) is 11.3 Å². The van der Waals surface area contributed by atoms with Crippen LogP contribution in [0.4, 0.5) is 0 Å². The molecule has 1 aliphatic heterocycles. The Morgan fingerprint density at radius 1 is 1.10 bits per heavy atom. The number of imidazole rings is 1. The Labute approximate surface area is 179 Å². The van der Waals surface area contributed by atoms with Crippen LogP contribution in [-0.4, -0.2) is 26.0 Å². The summed E-state index contributed by atoms with van der Waals surface area (Å²) in [4.78, 5) is 17.4. The lowest BCUT2D eigenvalue weighted by Gasteiger charge is -2.33. The molecule has 0 bridgehead atoms. The second-order valence-electron chi connectivity index (χ2n) is 8.47. The van der Waals surface area contributed by atoms with Gasteiger partial charge in [-0.3, -0.25) is 10.4 Å². The van der Waals surface area contributed by atoms with E-state index >= 15 is 0 Å². The predicted octanol–water partition coefficient (Wildman–Crippen LogP) is 4.49. The minimum Gasteiger partial charge on any atom is -0.339 e. The Balaban J connectivity index is 1.34. The molecule has 3 N–H and O–H groups in total. The molecule has 4 aromatic rings. The molecule has 0 spiro atoms. The van der Waals surface area contributed by atoms with Gasteiger partial charge in [-0.1, -0.05) is 0 Å². The zero-order valence-electron chi connectivity index (χ0n) is 16.8. The van der Waals surface area contributed by atoms with Crippen LogP contribution in [-0.2, 0) is 0 Å². The molecule has 4 atom stereocenters. The Hall–Kier alpha value is -2.61. The van der Waals surface area contributed by atoms with Gasteiger partial charge >= 0.3 is 0 Å². The molecule has 4 unspecified atom stereocenters. The number of thiophene rings is 1. The summed E-state index contributed by atoms with van der Waals surface area (Å²) >= 11 is 1.71. The van der Waals surface area contributed by atoms with Crippen LogP contribution in [0.15, 0.2) is 47.5 Å². The lowest BCUT2D eigenvalue weighted by Crippen LogP contribution is -2.34. The van der Waals surface area contributed by atoms with Crippen molar-refractivity contribution < 1.29 is 0 Å². The summed E-state index contributed by atoms with van der Waals surface area (Å²) in [7, 11) is 0. The van der Waals surface area contributed by atoms with E-state index in [1.54, 1.807) is 11.3 Å². The average molecular weight is 417 g/mol. The molecule has 0 radical (unpaired) electrons. The molecule has 0 aromatic carbocycles. The molecule has 30 heavy (non-hydrogen) atoms. The maximum atomic E-state index is 4.89. The number of nitrogens with zero attached hydrogens (tertiary/aromatic N) is 3. The summed E-state index contributed by atoms with van der Waals surface area (Å²) < 4.78 is 0. The van der Waals surface area contributed by atoms with Crippen LogP contribution in [0, 0.1) is 12.8 Å². The standard InChI is InChI=1S/C23H24N6S/c1-13-4-7-24-11-18(13)14-2-3-19-17(10-14)21(29-28-19)23-26-20-16(15-6-9-30-12-15)5-8-25-22(20)27-23/h4-9,11-12,14,17,19,21,28-29H,2-3,10H2,1H3,(H,25,26,27). The molecule has 5 heterocycles. The van der Waals surface area contributed by atoms with Crippen molar-refractivity contribution in [3.05, 3.63) is 64.5 Å². The van der Waals surface area contributed by atoms with E-state index in [0.29, 0.717) is 17.9 Å². The van der Waals surface area contributed by atoms with E-state index in [-0.39, 0.29) is 6.04 Å². The Morgan fingerprint density at radius 2 is 2.07 bits per heavy atom. The van der Waals surface area contributed by atoms with Gasteiger partial charge in [-0.15, -0.1) is 0 Å².